The van der Waals surface area contributed by atoms with Gasteiger partial charge in [0.15, 0.2) is 0 Å². The smallest absolute Gasteiger partial charge is 0.229 e. The van der Waals surface area contributed by atoms with Gasteiger partial charge >= 0.3 is 0 Å². The third-order valence-corrected chi connectivity index (χ3v) is 3.16. The molecule has 5 nitrogen and oxygen atoms in total. The molecular formula is C12H15N3O2S. The second-order valence-electron chi connectivity index (χ2n) is 4.31. The van der Waals surface area contributed by atoms with Crippen LogP contribution in [0.4, 0.5) is 5.69 Å². The minimum absolute atomic E-state index is 0.557. The average molecular weight is 265 g/mol. The van der Waals surface area contributed by atoms with Crippen LogP contribution in [0.2, 0.25) is 0 Å². The molecule has 0 spiro atoms. The lowest BCUT2D eigenvalue weighted by atomic mass is 10.0. The first-order valence-electron chi connectivity index (χ1n) is 5.42. The van der Waals surface area contributed by atoms with Gasteiger partial charge in [-0.25, -0.2) is 8.42 Å². The molecule has 2 rings (SSSR count). The minimum Gasteiger partial charge on any atom is -0.284 e. The van der Waals surface area contributed by atoms with Crippen LogP contribution in [0, 0.1) is 6.92 Å². The lowest BCUT2D eigenvalue weighted by molar-refractivity contribution is 0.607. The van der Waals surface area contributed by atoms with Gasteiger partial charge in [0.1, 0.15) is 0 Å². The number of aromatic nitrogens is 2. The summed E-state index contributed by atoms with van der Waals surface area (Å²) in [7, 11) is -1.41. The van der Waals surface area contributed by atoms with Gasteiger partial charge in [-0.05, 0) is 30.2 Å². The van der Waals surface area contributed by atoms with E-state index in [4.69, 9.17) is 0 Å². The SMILES string of the molecule is Cc1ccc(NS(C)(=O)=O)cc1-c1cnn(C)c1. The van der Waals surface area contributed by atoms with Crippen molar-refractivity contribution < 1.29 is 8.42 Å². The molecule has 0 amide bonds. The molecule has 6 heteroatoms. The second kappa shape index (κ2) is 4.45. The van der Waals surface area contributed by atoms with E-state index in [1.54, 1.807) is 16.9 Å². The summed E-state index contributed by atoms with van der Waals surface area (Å²) in [6, 6.07) is 5.44. The monoisotopic (exact) mass is 265 g/mol. The quantitative estimate of drug-likeness (QED) is 0.919. The fourth-order valence-corrected chi connectivity index (χ4v) is 2.33. The van der Waals surface area contributed by atoms with Gasteiger partial charge in [0.2, 0.25) is 10.0 Å². The molecule has 18 heavy (non-hydrogen) atoms. The van der Waals surface area contributed by atoms with Gasteiger partial charge in [-0.3, -0.25) is 9.40 Å². The van der Waals surface area contributed by atoms with E-state index in [0.717, 1.165) is 22.9 Å². The van der Waals surface area contributed by atoms with Crippen LogP contribution in [-0.2, 0) is 17.1 Å². The number of hydrogen-bond acceptors (Lipinski definition) is 3. The van der Waals surface area contributed by atoms with Gasteiger partial charge in [-0.1, -0.05) is 6.07 Å². The molecule has 0 atom stereocenters. The first-order valence-corrected chi connectivity index (χ1v) is 7.32. The molecule has 0 bridgehead atoms. The van der Waals surface area contributed by atoms with Gasteiger partial charge in [0.25, 0.3) is 0 Å². The summed E-state index contributed by atoms with van der Waals surface area (Å²) in [5, 5.41) is 4.12. The number of anilines is 1. The van der Waals surface area contributed by atoms with Gasteiger partial charge in [0, 0.05) is 24.5 Å². The Morgan fingerprint density at radius 1 is 1.33 bits per heavy atom. The summed E-state index contributed by atoms with van der Waals surface area (Å²) in [4.78, 5) is 0. The van der Waals surface area contributed by atoms with E-state index >= 15 is 0 Å². The van der Waals surface area contributed by atoms with Gasteiger partial charge < -0.3 is 0 Å². The Labute approximate surface area is 107 Å². The van der Waals surface area contributed by atoms with E-state index in [-0.39, 0.29) is 0 Å². The molecule has 0 radical (unpaired) electrons. The first kappa shape index (κ1) is 12.6. The van der Waals surface area contributed by atoms with E-state index in [0.29, 0.717) is 5.69 Å². The Bertz CT molecular complexity index is 674. The molecule has 1 heterocycles. The summed E-state index contributed by atoms with van der Waals surface area (Å²) in [6.07, 6.45) is 4.79. The van der Waals surface area contributed by atoms with E-state index in [1.807, 2.05) is 32.3 Å². The molecule has 0 aliphatic rings. The van der Waals surface area contributed by atoms with Crippen molar-refractivity contribution in [2.75, 3.05) is 11.0 Å². The average Bonchev–Trinajstić information content (AvgIpc) is 2.66. The van der Waals surface area contributed by atoms with Crippen molar-refractivity contribution in [1.29, 1.82) is 0 Å². The van der Waals surface area contributed by atoms with Crippen molar-refractivity contribution in [3.8, 4) is 11.1 Å². The summed E-state index contributed by atoms with van der Waals surface area (Å²) in [5.74, 6) is 0. The highest BCUT2D eigenvalue weighted by Gasteiger charge is 2.07. The van der Waals surface area contributed by atoms with E-state index < -0.39 is 10.0 Å². The van der Waals surface area contributed by atoms with E-state index in [9.17, 15) is 8.42 Å². The standard InChI is InChI=1S/C12H15N3O2S/c1-9-4-5-11(14-18(3,16)17)6-12(9)10-7-13-15(2)8-10/h4-8,14H,1-3H3. The molecular weight excluding hydrogens is 250 g/mol. The molecule has 0 saturated carbocycles. The Balaban J connectivity index is 2.45. The molecule has 1 aromatic heterocycles. The first-order chi connectivity index (χ1) is 8.35. The maximum absolute atomic E-state index is 11.2. The van der Waals surface area contributed by atoms with Gasteiger partial charge in [0.05, 0.1) is 12.5 Å². The molecule has 0 aliphatic carbocycles. The Morgan fingerprint density at radius 2 is 2.06 bits per heavy atom. The highest BCUT2D eigenvalue weighted by molar-refractivity contribution is 7.92. The van der Waals surface area contributed by atoms with Crippen molar-refractivity contribution in [3.05, 3.63) is 36.2 Å². The summed E-state index contributed by atoms with van der Waals surface area (Å²) in [6.45, 7) is 1.98. The second-order valence-corrected chi connectivity index (χ2v) is 6.06. The fraction of sp³-hybridized carbons (Fsp3) is 0.250. The zero-order valence-electron chi connectivity index (χ0n) is 10.5. The predicted molar refractivity (Wildman–Crippen MR) is 71.8 cm³/mol. The van der Waals surface area contributed by atoms with Gasteiger partial charge in [-0.15, -0.1) is 0 Å². The molecule has 0 saturated heterocycles. The lowest BCUT2D eigenvalue weighted by Crippen LogP contribution is -2.09. The summed E-state index contributed by atoms with van der Waals surface area (Å²) >= 11 is 0. The highest BCUT2D eigenvalue weighted by Crippen LogP contribution is 2.26. The molecule has 0 fully saturated rings. The number of aryl methyl sites for hydroxylation is 2. The van der Waals surface area contributed by atoms with Crippen molar-refractivity contribution in [2.45, 2.75) is 6.92 Å². The normalized spacial score (nSPS) is 11.5. The number of sulfonamides is 1. The fourth-order valence-electron chi connectivity index (χ4n) is 1.77. The number of nitrogens with zero attached hydrogens (tertiary/aromatic N) is 2. The zero-order chi connectivity index (χ0) is 13.3. The van der Waals surface area contributed by atoms with E-state index in [2.05, 4.69) is 9.82 Å². The molecule has 1 N–H and O–H groups in total. The van der Waals surface area contributed by atoms with Gasteiger partial charge in [-0.2, -0.15) is 5.10 Å². The van der Waals surface area contributed by atoms with Crippen LogP contribution in [0.3, 0.4) is 0 Å². The van der Waals surface area contributed by atoms with Crippen LogP contribution in [0.25, 0.3) is 11.1 Å². The molecule has 96 valence electrons. The Hall–Kier alpha value is -1.82. The van der Waals surface area contributed by atoms with Crippen LogP contribution in [0.15, 0.2) is 30.6 Å². The maximum atomic E-state index is 11.2. The largest absolute Gasteiger partial charge is 0.284 e. The highest BCUT2D eigenvalue weighted by atomic mass is 32.2. The van der Waals surface area contributed by atoms with Crippen molar-refractivity contribution in [3.63, 3.8) is 0 Å². The molecule has 1 aromatic carbocycles. The van der Waals surface area contributed by atoms with Crippen molar-refractivity contribution in [1.82, 2.24) is 9.78 Å². The summed E-state index contributed by atoms with van der Waals surface area (Å²) in [5.41, 5.74) is 3.56. The summed E-state index contributed by atoms with van der Waals surface area (Å²) < 4.78 is 26.6. The third-order valence-electron chi connectivity index (χ3n) is 2.56. The maximum Gasteiger partial charge on any atom is 0.229 e. The predicted octanol–water partition coefficient (Wildman–Crippen LogP) is 1.77. The van der Waals surface area contributed by atoms with Crippen LogP contribution in [0.1, 0.15) is 5.56 Å². The van der Waals surface area contributed by atoms with Crippen LogP contribution < -0.4 is 4.72 Å². The van der Waals surface area contributed by atoms with Crippen LogP contribution in [0.5, 0.6) is 0 Å². The zero-order valence-corrected chi connectivity index (χ0v) is 11.3. The number of hydrogen-bond donors (Lipinski definition) is 1. The molecule has 0 unspecified atom stereocenters. The van der Waals surface area contributed by atoms with Crippen LogP contribution >= 0.6 is 0 Å². The topological polar surface area (TPSA) is 64.0 Å². The third kappa shape index (κ3) is 2.89. The lowest BCUT2D eigenvalue weighted by Gasteiger charge is -2.08. The number of rotatable bonds is 3. The van der Waals surface area contributed by atoms with Crippen LogP contribution in [-0.4, -0.2) is 24.5 Å². The number of benzene rings is 1. The van der Waals surface area contributed by atoms with Crippen molar-refractivity contribution >= 4 is 15.7 Å². The minimum atomic E-state index is -3.25. The Morgan fingerprint density at radius 3 is 2.61 bits per heavy atom. The molecule has 2 aromatic rings. The number of nitrogens with one attached hydrogen (secondary N) is 1. The Kier molecular flexibility index (Phi) is 3.13. The van der Waals surface area contributed by atoms with E-state index in [1.165, 1.54) is 0 Å². The van der Waals surface area contributed by atoms with Crippen molar-refractivity contribution in [2.24, 2.45) is 7.05 Å². The molecule has 0 aliphatic heterocycles.